The van der Waals surface area contributed by atoms with Crippen LogP contribution in [0.2, 0.25) is 0 Å². The van der Waals surface area contributed by atoms with Crippen LogP contribution in [0.1, 0.15) is 36.7 Å². The Morgan fingerprint density at radius 2 is 1.74 bits per heavy atom. The van der Waals surface area contributed by atoms with Crippen molar-refractivity contribution in [2.24, 2.45) is 7.05 Å². The Kier molecular flexibility index (Phi) is 5.33. The molecule has 166 valence electrons. The third-order valence-corrected chi connectivity index (χ3v) is 5.25. The number of rotatable bonds is 3. The second-order valence-corrected chi connectivity index (χ2v) is 9.89. The Morgan fingerprint density at radius 3 is 2.29 bits per heavy atom. The Bertz CT molecular complexity index is 1290. The molecule has 0 N–H and O–H groups in total. The lowest BCUT2D eigenvalue weighted by atomic mass is 10.2. The monoisotopic (exact) mass is 456 g/mol. The number of carbonyl (C=O) groups excluding carboxylic acids is 1. The molecule has 0 radical (unpaired) electrons. The number of halogens is 3. The summed E-state index contributed by atoms with van der Waals surface area (Å²) in [4.78, 5) is 24.0. The van der Waals surface area contributed by atoms with Crippen LogP contribution in [0, 0.1) is 0 Å². The average Bonchev–Trinajstić information content (AvgIpc) is 2.94. The molecule has 0 aliphatic carbocycles. The molecule has 3 heterocycles. The lowest BCUT2D eigenvalue weighted by Gasteiger charge is -2.19. The van der Waals surface area contributed by atoms with Gasteiger partial charge in [-0.3, -0.25) is 4.98 Å². The quantitative estimate of drug-likeness (QED) is 0.556. The van der Waals surface area contributed by atoms with E-state index >= 15 is 0 Å². The molecule has 0 fully saturated rings. The van der Waals surface area contributed by atoms with Crippen molar-refractivity contribution in [1.29, 1.82) is 0 Å². The van der Waals surface area contributed by atoms with E-state index < -0.39 is 33.1 Å². The first-order valence-electron chi connectivity index (χ1n) is 8.91. The standard InChI is InChI=1S/C19H19F3N4O4S/c1-18(2,3)30-17(27)10-6-13(31(5,28)29)14(23-8-10)16-25-12-7-11(19(20,21)22)9-24-15(12)26(16)4/h6-9H,1-5H3. The summed E-state index contributed by atoms with van der Waals surface area (Å²) in [6.45, 7) is 4.98. The van der Waals surface area contributed by atoms with Crippen molar-refractivity contribution in [1.82, 2.24) is 19.5 Å². The van der Waals surface area contributed by atoms with Gasteiger partial charge in [-0.05, 0) is 32.9 Å². The molecule has 0 aromatic carbocycles. The van der Waals surface area contributed by atoms with Crippen molar-refractivity contribution in [2.75, 3.05) is 6.26 Å². The zero-order valence-corrected chi connectivity index (χ0v) is 18.1. The molecule has 0 aliphatic heterocycles. The van der Waals surface area contributed by atoms with Crippen molar-refractivity contribution < 1.29 is 31.1 Å². The number of hydrogen-bond acceptors (Lipinski definition) is 7. The summed E-state index contributed by atoms with van der Waals surface area (Å²) in [5.74, 6) is -0.782. The molecule has 3 rings (SSSR count). The highest BCUT2D eigenvalue weighted by molar-refractivity contribution is 7.90. The average molecular weight is 456 g/mol. The van der Waals surface area contributed by atoms with Crippen LogP contribution in [0.25, 0.3) is 22.7 Å². The van der Waals surface area contributed by atoms with E-state index in [4.69, 9.17) is 4.74 Å². The van der Waals surface area contributed by atoms with E-state index in [-0.39, 0.29) is 33.1 Å². The second kappa shape index (κ2) is 7.29. The molecule has 8 nitrogen and oxygen atoms in total. The normalized spacial score (nSPS) is 12.9. The fourth-order valence-corrected chi connectivity index (χ4v) is 3.62. The number of hydrogen-bond donors (Lipinski definition) is 0. The van der Waals surface area contributed by atoms with Crippen molar-refractivity contribution in [2.45, 2.75) is 37.4 Å². The number of esters is 1. The molecule has 0 spiro atoms. The van der Waals surface area contributed by atoms with Gasteiger partial charge in [-0.15, -0.1) is 0 Å². The van der Waals surface area contributed by atoms with Gasteiger partial charge in [0.2, 0.25) is 0 Å². The number of ether oxygens (including phenoxy) is 1. The molecule has 0 unspecified atom stereocenters. The molecule has 3 aromatic heterocycles. The highest BCUT2D eigenvalue weighted by Gasteiger charge is 2.32. The van der Waals surface area contributed by atoms with Crippen LogP contribution in [0.3, 0.4) is 0 Å². The molecule has 31 heavy (non-hydrogen) atoms. The van der Waals surface area contributed by atoms with Gasteiger partial charge < -0.3 is 9.30 Å². The van der Waals surface area contributed by atoms with Gasteiger partial charge in [-0.25, -0.2) is 23.2 Å². The number of imidazole rings is 1. The SMILES string of the molecule is Cn1c(-c2ncc(C(=O)OC(C)(C)C)cc2S(C)(=O)=O)nc2cc(C(F)(F)F)cnc21. The van der Waals surface area contributed by atoms with E-state index in [1.165, 1.54) is 11.6 Å². The Morgan fingerprint density at radius 1 is 1.10 bits per heavy atom. The third-order valence-electron chi connectivity index (χ3n) is 4.13. The zero-order chi connectivity index (χ0) is 23.4. The number of aromatic nitrogens is 4. The van der Waals surface area contributed by atoms with Crippen molar-refractivity contribution in [3.8, 4) is 11.5 Å². The number of fused-ring (bicyclic) bond motifs is 1. The second-order valence-electron chi connectivity index (χ2n) is 7.90. The van der Waals surface area contributed by atoms with Gasteiger partial charge in [0, 0.05) is 25.7 Å². The molecule has 0 saturated heterocycles. The molecule has 3 aromatic rings. The molecule has 0 atom stereocenters. The van der Waals surface area contributed by atoms with Crippen molar-refractivity contribution in [3.05, 3.63) is 35.7 Å². The minimum absolute atomic E-state index is 0.0158. The van der Waals surface area contributed by atoms with Gasteiger partial charge in [0.1, 0.15) is 16.8 Å². The van der Waals surface area contributed by atoms with Crippen LogP contribution in [0.5, 0.6) is 0 Å². The summed E-state index contributed by atoms with van der Waals surface area (Å²) in [5, 5.41) is 0. The van der Waals surface area contributed by atoms with Gasteiger partial charge in [-0.1, -0.05) is 0 Å². The largest absolute Gasteiger partial charge is 0.456 e. The minimum atomic E-state index is -4.61. The van der Waals surface area contributed by atoms with Gasteiger partial charge in [-0.2, -0.15) is 13.2 Å². The Hall–Kier alpha value is -3.02. The van der Waals surface area contributed by atoms with Crippen LogP contribution in [-0.4, -0.2) is 45.8 Å². The molecule has 0 amide bonds. The fraction of sp³-hybridized carbons (Fsp3) is 0.368. The lowest BCUT2D eigenvalue weighted by Crippen LogP contribution is -2.24. The van der Waals surface area contributed by atoms with E-state index in [1.54, 1.807) is 20.8 Å². The molecular formula is C19H19F3N4O4S. The predicted octanol–water partition coefficient (Wildman–Crippen LogP) is 3.41. The summed E-state index contributed by atoms with van der Waals surface area (Å²) < 4.78 is 70.4. The number of sulfone groups is 1. The summed E-state index contributed by atoms with van der Waals surface area (Å²) >= 11 is 0. The molecule has 0 bridgehead atoms. The maximum absolute atomic E-state index is 13.0. The van der Waals surface area contributed by atoms with Crippen LogP contribution >= 0.6 is 0 Å². The zero-order valence-electron chi connectivity index (χ0n) is 17.3. The first kappa shape index (κ1) is 22.7. The van der Waals surface area contributed by atoms with Crippen LogP contribution in [0.15, 0.2) is 29.4 Å². The predicted molar refractivity (Wildman–Crippen MR) is 105 cm³/mol. The summed E-state index contributed by atoms with van der Waals surface area (Å²) in [6, 6.07) is 1.93. The van der Waals surface area contributed by atoms with Crippen molar-refractivity contribution in [3.63, 3.8) is 0 Å². The minimum Gasteiger partial charge on any atom is -0.456 e. The van der Waals surface area contributed by atoms with Crippen LogP contribution in [-0.2, 0) is 27.8 Å². The smallest absolute Gasteiger partial charge is 0.417 e. The van der Waals surface area contributed by atoms with Gasteiger partial charge >= 0.3 is 12.1 Å². The summed E-state index contributed by atoms with van der Waals surface area (Å²) in [5.41, 5.74) is -1.97. The van der Waals surface area contributed by atoms with Gasteiger partial charge in [0.05, 0.1) is 16.0 Å². The maximum Gasteiger partial charge on any atom is 0.417 e. The highest BCUT2D eigenvalue weighted by atomic mass is 32.2. The van der Waals surface area contributed by atoms with Gasteiger partial charge in [0.15, 0.2) is 21.3 Å². The van der Waals surface area contributed by atoms with Crippen molar-refractivity contribution >= 4 is 27.0 Å². The number of aryl methyl sites for hydroxylation is 1. The van der Waals surface area contributed by atoms with E-state index in [9.17, 15) is 26.4 Å². The number of carbonyl (C=O) groups is 1. The van der Waals surface area contributed by atoms with E-state index in [0.29, 0.717) is 6.20 Å². The van der Waals surface area contributed by atoms with E-state index in [2.05, 4.69) is 15.0 Å². The topological polar surface area (TPSA) is 104 Å². The Balaban J connectivity index is 2.19. The summed E-state index contributed by atoms with van der Waals surface area (Å²) in [7, 11) is -2.42. The molecule has 12 heteroatoms. The molecule has 0 saturated carbocycles. The number of pyridine rings is 2. The van der Waals surface area contributed by atoms with Crippen LogP contribution < -0.4 is 0 Å². The molecular weight excluding hydrogens is 437 g/mol. The van der Waals surface area contributed by atoms with Crippen LogP contribution in [0.4, 0.5) is 13.2 Å². The molecule has 0 aliphatic rings. The Labute approximate surface area is 176 Å². The third kappa shape index (κ3) is 4.68. The maximum atomic E-state index is 13.0. The highest BCUT2D eigenvalue weighted by Crippen LogP contribution is 2.32. The van der Waals surface area contributed by atoms with Gasteiger partial charge in [0.25, 0.3) is 0 Å². The first-order valence-corrected chi connectivity index (χ1v) is 10.8. The van der Waals surface area contributed by atoms with E-state index in [0.717, 1.165) is 24.6 Å². The summed E-state index contributed by atoms with van der Waals surface area (Å²) in [6.07, 6.45) is -1.88. The fourth-order valence-electron chi connectivity index (χ4n) is 2.79. The number of nitrogens with zero attached hydrogens (tertiary/aromatic N) is 4. The van der Waals surface area contributed by atoms with E-state index in [1.807, 2.05) is 0 Å². The first-order chi connectivity index (χ1) is 14.1. The lowest BCUT2D eigenvalue weighted by molar-refractivity contribution is -0.137. The number of alkyl halides is 3.